The van der Waals surface area contributed by atoms with Gasteiger partial charge in [0.2, 0.25) is 5.91 Å². The molecule has 3 heteroatoms. The summed E-state index contributed by atoms with van der Waals surface area (Å²) in [7, 11) is 0. The van der Waals surface area contributed by atoms with Gasteiger partial charge in [-0.2, -0.15) is 0 Å². The highest BCUT2D eigenvalue weighted by Crippen LogP contribution is 2.30. The second kappa shape index (κ2) is 7.26. The molecular weight excluding hydrogens is 314 g/mol. The lowest BCUT2D eigenvalue weighted by Crippen LogP contribution is -2.41. The van der Waals surface area contributed by atoms with Gasteiger partial charge in [-0.1, -0.05) is 41.9 Å². The quantitative estimate of drug-likeness (QED) is 0.786. The number of likely N-dealkylation sites (tertiary alicyclic amines) is 1. The lowest BCUT2D eigenvalue weighted by molar-refractivity contribution is -0.136. The third-order valence-corrected chi connectivity index (χ3v) is 4.95. The van der Waals surface area contributed by atoms with Crippen molar-refractivity contribution >= 4 is 21.8 Å². The van der Waals surface area contributed by atoms with Crippen LogP contribution in [0.1, 0.15) is 51.0 Å². The van der Waals surface area contributed by atoms with E-state index in [1.807, 2.05) is 0 Å². The minimum atomic E-state index is 0.220. The zero-order chi connectivity index (χ0) is 14.5. The van der Waals surface area contributed by atoms with Gasteiger partial charge < -0.3 is 4.90 Å². The van der Waals surface area contributed by atoms with Crippen LogP contribution in [0.25, 0.3) is 0 Å². The topological polar surface area (TPSA) is 20.3 Å². The first-order valence-corrected chi connectivity index (χ1v) is 8.49. The van der Waals surface area contributed by atoms with Crippen molar-refractivity contribution < 1.29 is 4.79 Å². The lowest BCUT2D eigenvalue weighted by Gasteiger charge is -2.34. The maximum atomic E-state index is 12.4. The van der Waals surface area contributed by atoms with Crippen LogP contribution in [-0.4, -0.2) is 23.9 Å². The molecule has 0 atom stereocenters. The largest absolute Gasteiger partial charge is 0.342 e. The Labute approximate surface area is 130 Å². The molecule has 2 nitrogen and oxygen atoms in total. The van der Waals surface area contributed by atoms with Crippen LogP contribution in [0, 0.1) is 5.92 Å². The summed E-state index contributed by atoms with van der Waals surface area (Å²) in [5.41, 5.74) is 1.40. The molecule has 0 unspecified atom stereocenters. The van der Waals surface area contributed by atoms with Gasteiger partial charge in [0.25, 0.3) is 0 Å². The Balaban J connectivity index is 1.94. The van der Waals surface area contributed by atoms with Gasteiger partial charge in [-0.15, -0.1) is 0 Å². The van der Waals surface area contributed by atoms with Crippen molar-refractivity contribution in [1.29, 1.82) is 0 Å². The van der Waals surface area contributed by atoms with Gasteiger partial charge in [-0.3, -0.25) is 4.79 Å². The number of nitrogens with zero attached hydrogens (tertiary/aromatic N) is 1. The van der Waals surface area contributed by atoms with Crippen LogP contribution < -0.4 is 0 Å². The summed E-state index contributed by atoms with van der Waals surface area (Å²) < 4.78 is 1.14. The SMILES string of the molecule is CCC(CC)C(=O)N1CCC(c2cccc(Br)c2)CC1. The van der Waals surface area contributed by atoms with Gasteiger partial charge in [0.15, 0.2) is 0 Å². The molecule has 2 rings (SSSR count). The van der Waals surface area contributed by atoms with Gasteiger partial charge in [0, 0.05) is 23.5 Å². The van der Waals surface area contributed by atoms with Gasteiger partial charge in [-0.25, -0.2) is 0 Å². The van der Waals surface area contributed by atoms with Crippen molar-refractivity contribution in [2.45, 2.75) is 45.4 Å². The van der Waals surface area contributed by atoms with Crippen molar-refractivity contribution in [3.8, 4) is 0 Å². The molecule has 0 spiro atoms. The summed E-state index contributed by atoms with van der Waals surface area (Å²) in [6, 6.07) is 8.58. The number of hydrogen-bond donors (Lipinski definition) is 0. The Morgan fingerprint density at radius 1 is 1.30 bits per heavy atom. The number of piperidine rings is 1. The van der Waals surface area contributed by atoms with E-state index in [2.05, 4.69) is 58.9 Å². The van der Waals surface area contributed by atoms with E-state index in [1.165, 1.54) is 5.56 Å². The second-order valence-electron chi connectivity index (χ2n) is 5.67. The molecule has 1 amide bonds. The van der Waals surface area contributed by atoms with Crippen LogP contribution in [0.15, 0.2) is 28.7 Å². The smallest absolute Gasteiger partial charge is 0.225 e. The summed E-state index contributed by atoms with van der Waals surface area (Å²) >= 11 is 3.54. The van der Waals surface area contributed by atoms with Crippen LogP contribution >= 0.6 is 15.9 Å². The Morgan fingerprint density at radius 2 is 1.95 bits per heavy atom. The molecule has 0 saturated carbocycles. The molecule has 0 aliphatic carbocycles. The molecular formula is C17H24BrNO. The highest BCUT2D eigenvalue weighted by molar-refractivity contribution is 9.10. The summed E-state index contributed by atoms with van der Waals surface area (Å²) in [6.07, 6.45) is 4.09. The minimum Gasteiger partial charge on any atom is -0.342 e. The molecule has 1 saturated heterocycles. The first-order valence-electron chi connectivity index (χ1n) is 7.70. The zero-order valence-corrected chi connectivity index (χ0v) is 14.0. The monoisotopic (exact) mass is 337 g/mol. The fourth-order valence-corrected chi connectivity index (χ4v) is 3.51. The van der Waals surface area contributed by atoms with Crippen molar-refractivity contribution in [2.75, 3.05) is 13.1 Å². The van der Waals surface area contributed by atoms with Gasteiger partial charge in [0.1, 0.15) is 0 Å². The van der Waals surface area contributed by atoms with E-state index in [4.69, 9.17) is 0 Å². The Morgan fingerprint density at radius 3 is 2.50 bits per heavy atom. The van der Waals surface area contributed by atoms with E-state index in [0.717, 1.165) is 43.2 Å². The standard InChI is InChI=1S/C17H24BrNO/c1-3-13(4-2)17(20)19-10-8-14(9-11-19)15-6-5-7-16(18)12-15/h5-7,12-14H,3-4,8-11H2,1-2H3. The van der Waals surface area contributed by atoms with E-state index in [9.17, 15) is 4.79 Å². The number of carbonyl (C=O) groups is 1. The molecule has 0 bridgehead atoms. The molecule has 1 heterocycles. The summed E-state index contributed by atoms with van der Waals surface area (Å²) in [5, 5.41) is 0. The average Bonchev–Trinajstić information content (AvgIpc) is 2.48. The van der Waals surface area contributed by atoms with E-state index in [-0.39, 0.29) is 5.92 Å². The number of carbonyl (C=O) groups excluding carboxylic acids is 1. The van der Waals surface area contributed by atoms with Crippen molar-refractivity contribution in [3.05, 3.63) is 34.3 Å². The van der Waals surface area contributed by atoms with Crippen LogP contribution in [-0.2, 0) is 4.79 Å². The fourth-order valence-electron chi connectivity index (χ4n) is 3.09. The Hall–Kier alpha value is -0.830. The third kappa shape index (κ3) is 3.63. The number of halogens is 1. The molecule has 110 valence electrons. The van der Waals surface area contributed by atoms with Gasteiger partial charge in [0.05, 0.1) is 0 Å². The predicted molar refractivity (Wildman–Crippen MR) is 86.8 cm³/mol. The van der Waals surface area contributed by atoms with Gasteiger partial charge in [-0.05, 0) is 49.3 Å². The first-order chi connectivity index (χ1) is 9.65. The first kappa shape index (κ1) is 15.6. The summed E-state index contributed by atoms with van der Waals surface area (Å²) in [5.74, 6) is 1.18. The van der Waals surface area contributed by atoms with Crippen LogP contribution in [0.4, 0.5) is 0 Å². The summed E-state index contributed by atoms with van der Waals surface area (Å²) in [6.45, 7) is 6.04. The molecule has 20 heavy (non-hydrogen) atoms. The third-order valence-electron chi connectivity index (χ3n) is 4.46. The van der Waals surface area contributed by atoms with E-state index >= 15 is 0 Å². The van der Waals surface area contributed by atoms with Crippen molar-refractivity contribution in [2.24, 2.45) is 5.92 Å². The minimum absolute atomic E-state index is 0.220. The van der Waals surface area contributed by atoms with Crippen LogP contribution in [0.5, 0.6) is 0 Å². The molecule has 1 aromatic carbocycles. The Bertz CT molecular complexity index is 448. The maximum Gasteiger partial charge on any atom is 0.225 e. The van der Waals surface area contributed by atoms with E-state index in [0.29, 0.717) is 11.8 Å². The predicted octanol–water partition coefficient (Wildman–Crippen LogP) is 4.59. The maximum absolute atomic E-state index is 12.4. The summed E-state index contributed by atoms with van der Waals surface area (Å²) in [4.78, 5) is 14.5. The zero-order valence-electron chi connectivity index (χ0n) is 12.4. The molecule has 1 aliphatic rings. The average molecular weight is 338 g/mol. The van der Waals surface area contributed by atoms with E-state index in [1.54, 1.807) is 0 Å². The molecule has 0 radical (unpaired) electrons. The van der Waals surface area contributed by atoms with Gasteiger partial charge >= 0.3 is 0 Å². The van der Waals surface area contributed by atoms with Crippen molar-refractivity contribution in [1.82, 2.24) is 4.90 Å². The number of benzene rings is 1. The fraction of sp³-hybridized carbons (Fsp3) is 0.588. The number of amides is 1. The highest BCUT2D eigenvalue weighted by Gasteiger charge is 2.27. The molecule has 1 fully saturated rings. The molecule has 1 aliphatic heterocycles. The lowest BCUT2D eigenvalue weighted by atomic mass is 9.88. The van der Waals surface area contributed by atoms with Crippen LogP contribution in [0.3, 0.4) is 0 Å². The second-order valence-corrected chi connectivity index (χ2v) is 6.58. The molecule has 1 aromatic rings. The number of hydrogen-bond acceptors (Lipinski definition) is 1. The van der Waals surface area contributed by atoms with Crippen molar-refractivity contribution in [3.63, 3.8) is 0 Å². The number of rotatable bonds is 4. The highest BCUT2D eigenvalue weighted by atomic mass is 79.9. The molecule has 0 aromatic heterocycles. The Kier molecular flexibility index (Phi) is 5.64. The van der Waals surface area contributed by atoms with E-state index < -0.39 is 0 Å². The molecule has 0 N–H and O–H groups in total. The normalized spacial score (nSPS) is 16.7. The van der Waals surface area contributed by atoms with Crippen LogP contribution in [0.2, 0.25) is 0 Å².